The average molecular weight is 1250 g/mol. The monoisotopic (exact) mass is 1250 g/mol. The van der Waals surface area contributed by atoms with Gasteiger partial charge in [0.15, 0.2) is 41.8 Å². The van der Waals surface area contributed by atoms with Gasteiger partial charge in [-0.2, -0.15) is 22.5 Å². The number of aliphatic carboxylic acids is 2. The number of thioether (sulfide) groups is 1. The van der Waals surface area contributed by atoms with Crippen LogP contribution in [0.3, 0.4) is 0 Å². The topological polar surface area (TPSA) is 332 Å². The van der Waals surface area contributed by atoms with Crippen LogP contribution in [0.5, 0.6) is 0 Å². The minimum Gasteiger partial charge on any atom is -0.542 e. The minimum atomic E-state index is -5.19. The zero-order valence-corrected chi connectivity index (χ0v) is 50.8. The number of oxime groups is 1. The number of hydrogen-bond donors (Lipinski definition) is 6. The fraction of sp³-hybridized carbons (Fsp3) is 0.393. The van der Waals surface area contributed by atoms with Crippen molar-refractivity contribution in [3.05, 3.63) is 131 Å². The Morgan fingerprint density at radius 1 is 0.897 bits per heavy atom. The molecule has 7 rings (SSSR count). The van der Waals surface area contributed by atoms with Crippen LogP contribution in [0.4, 0.5) is 39.4 Å². The molecule has 0 spiro atoms. The fourth-order valence-electron chi connectivity index (χ4n) is 8.42. The number of alkyl halides is 3. The Hall–Kier alpha value is -8.73. The van der Waals surface area contributed by atoms with Gasteiger partial charge in [0.25, 0.3) is 0 Å². The van der Waals surface area contributed by atoms with Crippen molar-refractivity contribution in [3.63, 3.8) is 0 Å². The number of carbonyl (C=O) groups is 8. The van der Waals surface area contributed by atoms with E-state index in [4.69, 9.17) is 31.3 Å². The van der Waals surface area contributed by atoms with Crippen LogP contribution in [0, 0.1) is 5.92 Å². The molecule has 462 valence electrons. The van der Waals surface area contributed by atoms with Gasteiger partial charge in [-0.15, -0.1) is 21.1 Å². The van der Waals surface area contributed by atoms with Crippen molar-refractivity contribution in [1.82, 2.24) is 29.6 Å². The molecule has 5 aromatic rings. The number of ether oxygens (including phenoxy) is 2. The third kappa shape index (κ3) is 18.6. The number of carbonyl (C=O) groups excluding carboxylic acids is 7. The molecule has 2 aliphatic heterocycles. The number of benzene rings is 3. The van der Waals surface area contributed by atoms with Crippen LogP contribution in [0.25, 0.3) is 0 Å². The first-order chi connectivity index (χ1) is 41.1. The molecular weight excluding hydrogens is 1180 g/mol. The van der Waals surface area contributed by atoms with Crippen LogP contribution in [0.15, 0.2) is 114 Å². The minimum absolute atomic E-state index is 0.0344. The second kappa shape index (κ2) is 29.6. The van der Waals surface area contributed by atoms with E-state index in [2.05, 4.69) is 35.8 Å². The number of β-lactam (4-membered cyclic amide) rings is 1. The zero-order valence-electron chi connectivity index (χ0n) is 50.1. The Kier molecular flexibility index (Phi) is 22.9. The molecule has 1 fully saturated rings. The molecule has 1 saturated heterocycles. The van der Waals surface area contributed by atoms with Crippen molar-refractivity contribution in [2.75, 3.05) is 35.2 Å². The Morgan fingerprint density at radius 2 is 1.43 bits per heavy atom. The molecule has 2 atom stereocenters. The Balaban J connectivity index is 0.000000976. The van der Waals surface area contributed by atoms with Gasteiger partial charge in [-0.05, 0) is 72.1 Å². The Morgan fingerprint density at radius 3 is 1.87 bits per heavy atom. The number of esters is 1. The van der Waals surface area contributed by atoms with Gasteiger partial charge in [0, 0.05) is 42.4 Å². The fourth-order valence-corrected chi connectivity index (χ4v) is 10.3. The number of aromatic nitrogens is 4. The summed E-state index contributed by atoms with van der Waals surface area (Å²) in [6.07, 6.45) is -5.21. The van der Waals surface area contributed by atoms with Crippen LogP contribution < -0.4 is 36.8 Å². The second-order valence-electron chi connectivity index (χ2n) is 21.6. The lowest BCUT2D eigenvalue weighted by atomic mass is 9.42. The Labute approximate surface area is 510 Å². The summed E-state index contributed by atoms with van der Waals surface area (Å²) in [6.45, 7) is 14.9. The molecule has 2 radical (unpaired) electrons. The maximum absolute atomic E-state index is 14.1. The summed E-state index contributed by atoms with van der Waals surface area (Å²) in [4.78, 5) is 110. The number of nitrogen functional groups attached to an aromatic ring is 1. The quantitative estimate of drug-likeness (QED) is 0.00647. The number of nitrogens with one attached hydrogen (secondary N) is 4. The first kappa shape index (κ1) is 67.4. The third-order valence-corrected chi connectivity index (χ3v) is 14.2. The first-order valence-electron chi connectivity index (χ1n) is 27.1. The third-order valence-electron chi connectivity index (χ3n) is 12.3. The summed E-state index contributed by atoms with van der Waals surface area (Å²) in [5, 5.41) is 35.1. The number of hydrogen-bond acceptors (Lipinski definition) is 19. The van der Waals surface area contributed by atoms with E-state index in [0.29, 0.717) is 17.1 Å². The summed E-state index contributed by atoms with van der Waals surface area (Å²) in [6, 6.07) is 28.9. The van der Waals surface area contributed by atoms with Crippen molar-refractivity contribution in [2.24, 2.45) is 18.1 Å². The molecular formula is C56H66B2F3N11O13S2. The van der Waals surface area contributed by atoms with Crippen LogP contribution >= 0.6 is 23.3 Å². The smallest absolute Gasteiger partial charge is 0.430 e. The molecule has 0 unspecified atom stereocenters. The number of carboxylic acids is 2. The van der Waals surface area contributed by atoms with E-state index in [9.17, 15) is 51.8 Å². The lowest BCUT2D eigenvalue weighted by Crippen LogP contribution is -2.62. The van der Waals surface area contributed by atoms with E-state index in [1.165, 1.54) is 44.8 Å². The molecule has 4 heterocycles. The van der Waals surface area contributed by atoms with Crippen molar-refractivity contribution in [1.29, 1.82) is 0 Å². The number of halogens is 3. The number of carboxylic acid groups (broad SMARTS) is 2. The Bertz CT molecular complexity index is 3310. The lowest BCUT2D eigenvalue weighted by molar-refractivity contribution is -0.765. The van der Waals surface area contributed by atoms with E-state index in [-0.39, 0.29) is 47.8 Å². The van der Waals surface area contributed by atoms with E-state index < -0.39 is 94.1 Å². The molecule has 87 heavy (non-hydrogen) atoms. The van der Waals surface area contributed by atoms with E-state index >= 15 is 0 Å². The highest BCUT2D eigenvalue weighted by atomic mass is 32.2. The second-order valence-corrected chi connectivity index (χ2v) is 23.5. The number of ketones is 1. The van der Waals surface area contributed by atoms with Gasteiger partial charge in [-0.3, -0.25) is 19.8 Å². The highest BCUT2D eigenvalue weighted by Crippen LogP contribution is 2.46. The molecule has 2 aromatic heterocycles. The standard InChI is InChI=1S/C52H61N11O10S2.C2H4B2O.C2HF3O2/c1-49(2,3)71-45(68)51(7,8)73-59-38(40-57-46(53)75-60-40)37(64)27-35-42(65)63-39(44(66)67)31(30-74-43(35)63)28-62-29-36(56-47(69)54-25-26-55-48(70)72-50(4,5)6)41(61(62)9)58-52(32-19-13-10-14-20-32,33-21-15-11-16-22-33)34-23-17-12-18-24-34;1-3-4-2-5;3-2(4,5)1(6)7/h10-24,29,35,43H,25-28,30H2,1-9H3,(H6,53,54,55,56,57,60,66,67,69,70);2H,1H3;(H,6,7)/b59-38+;;/t35-,43-;;/m1../s1/i;2T;. The van der Waals surface area contributed by atoms with E-state index in [1.807, 2.05) is 91.0 Å². The maximum Gasteiger partial charge on any atom is 0.430 e. The SMILES string of the molecule is Cn1c(NC(c2ccccc2)(c2ccccc2)c2ccccc2)c(NC(=O)NCCNC(=O)OC(C)(C)C)c[n+]1CC1=C(C(=O)O)N2C(=O)[C@@H](CC(=O)/C(=N\OC(C)(C)C(=O)OC(C)(C)C)c3nsc(N)n3)[C@H]2SC1.O=C([O-])C(F)(F)F.[3H]C(=O)[B][B]C. The van der Waals surface area contributed by atoms with E-state index in [1.54, 1.807) is 71.0 Å². The molecule has 24 nitrogen and oxygen atoms in total. The number of urea groups is 1. The predicted octanol–water partition coefficient (Wildman–Crippen LogP) is 5.01. The molecule has 0 saturated carbocycles. The van der Waals surface area contributed by atoms with E-state index in [0.717, 1.165) is 28.2 Å². The molecule has 4 amide bonds. The number of fused-ring (bicyclic) bond motifs is 1. The molecule has 31 heteroatoms. The molecule has 0 bridgehead atoms. The van der Waals surface area contributed by atoms with Gasteiger partial charge in [0.1, 0.15) is 28.4 Å². The summed E-state index contributed by atoms with van der Waals surface area (Å²) in [5.74, 6) is -6.96. The van der Waals surface area contributed by atoms with Gasteiger partial charge in [0.05, 0.1) is 33.0 Å². The van der Waals surface area contributed by atoms with Crippen molar-refractivity contribution in [3.8, 4) is 0 Å². The van der Waals surface area contributed by atoms with Crippen molar-refractivity contribution >= 4 is 108 Å². The molecule has 7 N–H and O–H groups in total. The van der Waals surface area contributed by atoms with Crippen molar-refractivity contribution < 1.29 is 82.1 Å². The van der Waals surface area contributed by atoms with Gasteiger partial charge >= 0.3 is 30.2 Å². The van der Waals surface area contributed by atoms with Gasteiger partial charge < -0.3 is 55.8 Å². The molecule has 3 aromatic carbocycles. The number of anilines is 3. The summed E-state index contributed by atoms with van der Waals surface area (Å²) >= 11 is 2.10. The molecule has 0 aliphatic carbocycles. The normalized spacial score (nSPS) is 15.2. The number of alkyl carbamates (subject to hydrolysis) is 1. The van der Waals surface area contributed by atoms with Gasteiger partial charge in [0.2, 0.25) is 23.5 Å². The number of amides is 4. The van der Waals surface area contributed by atoms with Crippen LogP contribution in [-0.4, -0.2) is 139 Å². The highest BCUT2D eigenvalue weighted by Gasteiger charge is 2.55. The zero-order chi connectivity index (χ0) is 65.5. The molecule has 2 aliphatic rings. The number of Topliss-reactive ketones (excluding diaryl/α,β-unsaturated/α-hetero) is 1. The van der Waals surface area contributed by atoms with Crippen LogP contribution in [-0.2, 0) is 62.2 Å². The maximum atomic E-state index is 14.1. The first-order valence-corrected chi connectivity index (χ1v) is 28.4. The van der Waals surface area contributed by atoms with Crippen LogP contribution in [0.2, 0.25) is 6.82 Å². The van der Waals surface area contributed by atoms with Crippen LogP contribution in [0.1, 0.15) is 85.7 Å². The summed E-state index contributed by atoms with van der Waals surface area (Å²) in [7, 11) is 4.50. The summed E-state index contributed by atoms with van der Waals surface area (Å²) in [5.41, 5.74) is 4.29. The van der Waals surface area contributed by atoms with Crippen molar-refractivity contribution in [2.45, 2.75) is 109 Å². The average Bonchev–Trinajstić information content (AvgIpc) is 0.910. The predicted molar refractivity (Wildman–Crippen MR) is 318 cm³/mol. The number of nitrogens with zero attached hydrogens (tertiary/aromatic N) is 6. The highest BCUT2D eigenvalue weighted by molar-refractivity contribution is 8.00. The van der Waals surface area contributed by atoms with Gasteiger partial charge in [-0.25, -0.2) is 19.2 Å². The number of rotatable bonds is 21. The summed E-state index contributed by atoms with van der Waals surface area (Å²) < 4.78 is 56.2. The largest absolute Gasteiger partial charge is 0.542 e. The van der Waals surface area contributed by atoms with Gasteiger partial charge in [-0.1, -0.05) is 103 Å². The lowest BCUT2D eigenvalue weighted by Gasteiger charge is -2.49. The number of nitrogens with two attached hydrogens (primary N) is 1.